The van der Waals surface area contributed by atoms with E-state index in [9.17, 15) is 5.11 Å². The Morgan fingerprint density at radius 1 is 1.16 bits per heavy atom. The third kappa shape index (κ3) is 3.80. The second kappa shape index (κ2) is 8.65. The molecule has 5 rings (SSSR count). The molecule has 1 aliphatic heterocycles. The summed E-state index contributed by atoms with van der Waals surface area (Å²) in [5, 5.41) is 14.4. The van der Waals surface area contributed by atoms with Crippen LogP contribution in [-0.4, -0.2) is 45.2 Å². The summed E-state index contributed by atoms with van der Waals surface area (Å²) in [5.74, 6) is 1.31. The Morgan fingerprint density at radius 2 is 1.97 bits per heavy atom. The lowest BCUT2D eigenvalue weighted by molar-refractivity contribution is 0.186. The Balaban J connectivity index is 1.31. The Labute approximate surface area is 191 Å². The Bertz CT molecular complexity index is 1120. The minimum Gasteiger partial charge on any atom is -0.390 e. The quantitative estimate of drug-likeness (QED) is 0.506. The van der Waals surface area contributed by atoms with Crippen molar-refractivity contribution in [3.05, 3.63) is 59.5 Å². The summed E-state index contributed by atoms with van der Waals surface area (Å²) >= 11 is 1.40. The number of nitrogens with zero attached hydrogens (tertiary/aromatic N) is 5. The van der Waals surface area contributed by atoms with Crippen LogP contribution in [0.4, 0.5) is 11.8 Å². The average Bonchev–Trinajstić information content (AvgIpc) is 3.11. The molecule has 2 aromatic heterocycles. The highest BCUT2D eigenvalue weighted by Gasteiger charge is 2.46. The van der Waals surface area contributed by atoms with Crippen molar-refractivity contribution < 1.29 is 5.11 Å². The predicted octanol–water partition coefficient (Wildman–Crippen LogP) is 2.79. The van der Waals surface area contributed by atoms with Gasteiger partial charge >= 0.3 is 0 Å². The molecular weight excluding hydrogens is 422 g/mol. The number of fused-ring (bicyclic) bond motifs is 1. The highest BCUT2D eigenvalue weighted by Crippen LogP contribution is 2.51. The number of hydrogen-bond acceptors (Lipinski definition) is 9. The van der Waals surface area contributed by atoms with E-state index in [0.717, 1.165) is 43.2 Å². The van der Waals surface area contributed by atoms with Gasteiger partial charge in [0, 0.05) is 32.4 Å². The summed E-state index contributed by atoms with van der Waals surface area (Å²) in [6.45, 7) is 1.55. The monoisotopic (exact) mass is 449 g/mol. The molecule has 1 saturated heterocycles. The van der Waals surface area contributed by atoms with Crippen LogP contribution >= 0.6 is 11.8 Å². The molecule has 166 valence electrons. The molecule has 9 heteroatoms. The molecule has 0 bridgehead atoms. The molecule has 2 aliphatic rings. The van der Waals surface area contributed by atoms with E-state index in [1.165, 1.54) is 22.9 Å². The molecule has 32 heavy (non-hydrogen) atoms. The molecule has 0 radical (unpaired) electrons. The van der Waals surface area contributed by atoms with Gasteiger partial charge in [0.05, 0.1) is 12.8 Å². The largest absolute Gasteiger partial charge is 0.390 e. The van der Waals surface area contributed by atoms with E-state index in [4.69, 9.17) is 5.73 Å². The number of aromatic nitrogens is 4. The lowest BCUT2D eigenvalue weighted by Crippen LogP contribution is -2.45. The van der Waals surface area contributed by atoms with Gasteiger partial charge in [-0.1, -0.05) is 24.3 Å². The molecule has 1 spiro atoms. The van der Waals surface area contributed by atoms with Crippen LogP contribution in [0, 0.1) is 5.41 Å². The number of rotatable bonds is 5. The van der Waals surface area contributed by atoms with Crippen LogP contribution in [0.25, 0.3) is 0 Å². The van der Waals surface area contributed by atoms with Crippen molar-refractivity contribution >= 4 is 23.5 Å². The molecule has 0 saturated carbocycles. The highest BCUT2D eigenvalue weighted by atomic mass is 32.2. The molecule has 3 aromatic rings. The maximum absolute atomic E-state index is 9.99. The first-order valence-electron chi connectivity index (χ1n) is 10.9. The van der Waals surface area contributed by atoms with E-state index in [-0.39, 0.29) is 18.1 Å². The van der Waals surface area contributed by atoms with Gasteiger partial charge in [0.1, 0.15) is 15.7 Å². The van der Waals surface area contributed by atoms with Gasteiger partial charge in [-0.25, -0.2) is 19.9 Å². The van der Waals surface area contributed by atoms with Gasteiger partial charge in [0.25, 0.3) is 0 Å². The molecule has 1 aliphatic carbocycles. The van der Waals surface area contributed by atoms with E-state index < -0.39 is 0 Å². The fraction of sp³-hybridized carbons (Fsp3) is 0.391. The van der Waals surface area contributed by atoms with E-state index >= 15 is 0 Å². The van der Waals surface area contributed by atoms with Crippen LogP contribution in [0.2, 0.25) is 0 Å². The van der Waals surface area contributed by atoms with Crippen molar-refractivity contribution in [3.63, 3.8) is 0 Å². The van der Waals surface area contributed by atoms with E-state index in [2.05, 4.69) is 54.4 Å². The molecule has 8 nitrogen and oxygen atoms in total. The highest BCUT2D eigenvalue weighted by molar-refractivity contribution is 7.99. The predicted molar refractivity (Wildman–Crippen MR) is 125 cm³/mol. The molecule has 3 heterocycles. The summed E-state index contributed by atoms with van der Waals surface area (Å²) in [6, 6.07) is 10.5. The lowest BCUT2D eigenvalue weighted by atomic mass is 9.73. The molecule has 1 fully saturated rings. The first-order chi connectivity index (χ1) is 15.6. The normalized spacial score (nSPS) is 19.2. The molecular formula is C23H27N7OS. The molecule has 1 aromatic carbocycles. The number of anilines is 2. The number of nitrogens with two attached hydrogens (primary N) is 1. The van der Waals surface area contributed by atoms with Gasteiger partial charge < -0.3 is 21.1 Å². The third-order valence-corrected chi connectivity index (χ3v) is 7.51. The van der Waals surface area contributed by atoms with E-state index in [1.807, 2.05) is 6.07 Å². The Morgan fingerprint density at radius 3 is 2.72 bits per heavy atom. The molecule has 0 amide bonds. The van der Waals surface area contributed by atoms with Crippen LogP contribution in [0.5, 0.6) is 0 Å². The number of hydrogen-bond donors (Lipinski definition) is 3. The van der Waals surface area contributed by atoms with Crippen LogP contribution in [0.15, 0.2) is 52.8 Å². The number of benzene rings is 1. The Kier molecular flexibility index (Phi) is 5.71. The number of nitrogens with one attached hydrogen (secondary N) is 1. The maximum atomic E-state index is 9.99. The smallest absolute Gasteiger partial charge is 0.223 e. The van der Waals surface area contributed by atoms with Gasteiger partial charge in [-0.15, -0.1) is 0 Å². The van der Waals surface area contributed by atoms with Crippen molar-refractivity contribution in [1.82, 2.24) is 19.9 Å². The lowest BCUT2D eigenvalue weighted by Gasteiger charge is -2.42. The van der Waals surface area contributed by atoms with Crippen molar-refractivity contribution in [3.8, 4) is 0 Å². The van der Waals surface area contributed by atoms with Crippen LogP contribution in [0.1, 0.15) is 35.7 Å². The van der Waals surface area contributed by atoms with Gasteiger partial charge in [-0.2, -0.15) is 0 Å². The zero-order valence-electron chi connectivity index (χ0n) is 18.0. The zero-order chi connectivity index (χ0) is 22.1. The molecule has 0 unspecified atom stereocenters. The van der Waals surface area contributed by atoms with Crippen LogP contribution < -0.4 is 16.0 Å². The summed E-state index contributed by atoms with van der Waals surface area (Å²) in [4.78, 5) is 20.1. The van der Waals surface area contributed by atoms with Crippen molar-refractivity contribution in [2.45, 2.75) is 42.0 Å². The van der Waals surface area contributed by atoms with Crippen molar-refractivity contribution in [2.75, 3.05) is 30.4 Å². The van der Waals surface area contributed by atoms with Gasteiger partial charge in [-0.05, 0) is 53.6 Å². The second-order valence-corrected chi connectivity index (χ2v) is 9.45. The van der Waals surface area contributed by atoms with E-state index in [1.54, 1.807) is 19.4 Å². The zero-order valence-corrected chi connectivity index (χ0v) is 18.8. The summed E-state index contributed by atoms with van der Waals surface area (Å²) in [6.07, 6.45) is 6.49. The SMILES string of the molecule is CNc1nccc(Sc2cnc(N3CCC4(CC3)Cc3ccccc3[C@H]4N)c(CO)n2)n1. The van der Waals surface area contributed by atoms with E-state index in [0.29, 0.717) is 16.7 Å². The van der Waals surface area contributed by atoms with Gasteiger partial charge in [0.15, 0.2) is 5.82 Å². The van der Waals surface area contributed by atoms with Gasteiger partial charge in [0.2, 0.25) is 5.95 Å². The average molecular weight is 450 g/mol. The van der Waals surface area contributed by atoms with Crippen LogP contribution in [0.3, 0.4) is 0 Å². The minimum absolute atomic E-state index is 0.0818. The summed E-state index contributed by atoms with van der Waals surface area (Å²) in [5.41, 5.74) is 10.1. The van der Waals surface area contributed by atoms with Gasteiger partial charge in [-0.3, -0.25) is 0 Å². The van der Waals surface area contributed by atoms with Crippen LogP contribution in [-0.2, 0) is 13.0 Å². The first kappa shape index (κ1) is 21.1. The number of piperidine rings is 1. The van der Waals surface area contributed by atoms with Crippen molar-refractivity contribution in [1.29, 1.82) is 0 Å². The summed E-state index contributed by atoms with van der Waals surface area (Å²) in [7, 11) is 1.78. The number of aliphatic hydroxyl groups excluding tert-OH is 1. The molecule has 1 atom stereocenters. The maximum Gasteiger partial charge on any atom is 0.223 e. The number of aliphatic hydroxyl groups is 1. The second-order valence-electron chi connectivity index (χ2n) is 8.41. The summed E-state index contributed by atoms with van der Waals surface area (Å²) < 4.78 is 0. The standard InChI is InChI=1S/C23H27N7OS/c1-25-22-26-9-6-18(29-22)32-19-13-27-21(17(14-31)28-19)30-10-7-23(8-11-30)12-15-4-2-3-5-16(15)20(23)24/h2-6,9,13,20,31H,7-8,10-12,14,24H2,1H3,(H,25,26,29)/t20-/m1/s1. The first-order valence-corrected chi connectivity index (χ1v) is 11.7. The fourth-order valence-corrected chi connectivity index (χ4v) is 5.65. The Hall–Kier alpha value is -2.75. The minimum atomic E-state index is -0.158. The topological polar surface area (TPSA) is 113 Å². The fourth-order valence-electron chi connectivity index (χ4n) is 4.92. The molecule has 4 N–H and O–H groups in total. The third-order valence-electron chi connectivity index (χ3n) is 6.66. The van der Waals surface area contributed by atoms with Crippen molar-refractivity contribution in [2.24, 2.45) is 11.1 Å².